The summed E-state index contributed by atoms with van der Waals surface area (Å²) in [6, 6.07) is 8.15. The van der Waals surface area contributed by atoms with Crippen LogP contribution in [-0.2, 0) is 4.74 Å². The van der Waals surface area contributed by atoms with Gasteiger partial charge >= 0.3 is 0 Å². The normalized spacial score (nSPS) is 24.9. The van der Waals surface area contributed by atoms with Crippen molar-refractivity contribution in [2.75, 3.05) is 0 Å². The Balaban J connectivity index is 2.22. The van der Waals surface area contributed by atoms with Crippen LogP contribution in [0.1, 0.15) is 20.8 Å². The lowest BCUT2D eigenvalue weighted by molar-refractivity contribution is 0.102. The molecule has 1 spiro atoms. The van der Waals surface area contributed by atoms with Crippen LogP contribution < -0.4 is 10.6 Å². The van der Waals surface area contributed by atoms with Crippen LogP contribution in [0.25, 0.3) is 6.08 Å². The topological polar surface area (TPSA) is 21.6 Å². The Morgan fingerprint density at radius 3 is 2.67 bits per heavy atom. The average Bonchev–Trinajstić information content (AvgIpc) is 2.65. The van der Waals surface area contributed by atoms with Crippen LogP contribution in [0.2, 0.25) is 0 Å². The molecule has 0 saturated carbocycles. The van der Waals surface area contributed by atoms with Gasteiger partial charge in [0.1, 0.15) is 0 Å². The highest BCUT2D eigenvalue weighted by molar-refractivity contribution is 5.51. The van der Waals surface area contributed by atoms with Gasteiger partial charge in [-0.05, 0) is 23.6 Å². The van der Waals surface area contributed by atoms with E-state index in [2.05, 4.69) is 39.0 Å². The molecule has 92 valence electrons. The summed E-state index contributed by atoms with van der Waals surface area (Å²) in [7, 11) is 0. The molecule has 2 aliphatic heterocycles. The standard InChI is InChI=1S/C16H17NO/c1-15(2,3)14-9-6-10-18-16(14)11-12-7-4-5-8-13(12)17-16/h4-11H,1-3H3. The smallest absolute Gasteiger partial charge is 0.243 e. The highest BCUT2D eigenvalue weighted by atomic mass is 16.5. The van der Waals surface area contributed by atoms with Crippen LogP contribution in [-0.4, -0.2) is 5.72 Å². The van der Waals surface area contributed by atoms with Gasteiger partial charge in [-0.3, -0.25) is 0 Å². The fourth-order valence-electron chi connectivity index (χ4n) is 2.58. The molecule has 0 aromatic heterocycles. The van der Waals surface area contributed by atoms with Crippen LogP contribution in [0.4, 0.5) is 0 Å². The Morgan fingerprint density at radius 1 is 1.17 bits per heavy atom. The third-order valence-corrected chi connectivity index (χ3v) is 3.36. The molecule has 2 heteroatoms. The molecule has 0 N–H and O–H groups in total. The highest BCUT2D eigenvalue weighted by Gasteiger charge is 2.41. The van der Waals surface area contributed by atoms with E-state index in [-0.39, 0.29) is 5.41 Å². The van der Waals surface area contributed by atoms with Gasteiger partial charge in [-0.15, -0.1) is 0 Å². The van der Waals surface area contributed by atoms with Crippen molar-refractivity contribution in [2.24, 2.45) is 10.4 Å². The van der Waals surface area contributed by atoms with Crippen molar-refractivity contribution in [1.29, 1.82) is 0 Å². The summed E-state index contributed by atoms with van der Waals surface area (Å²) in [5.41, 5.74) is 0.567. The lowest BCUT2D eigenvalue weighted by Gasteiger charge is -2.36. The van der Waals surface area contributed by atoms with Gasteiger partial charge in [0, 0.05) is 10.8 Å². The second kappa shape index (κ2) is 3.58. The van der Waals surface area contributed by atoms with E-state index in [1.807, 2.05) is 24.3 Å². The second-order valence-electron chi connectivity index (χ2n) is 5.79. The summed E-state index contributed by atoms with van der Waals surface area (Å²) < 4.78 is 5.88. The van der Waals surface area contributed by atoms with Crippen LogP contribution >= 0.6 is 0 Å². The van der Waals surface area contributed by atoms with Crippen molar-refractivity contribution in [3.63, 3.8) is 0 Å². The fourth-order valence-corrected chi connectivity index (χ4v) is 2.58. The lowest BCUT2D eigenvalue weighted by atomic mass is 9.79. The third-order valence-electron chi connectivity index (χ3n) is 3.36. The van der Waals surface area contributed by atoms with E-state index in [0.29, 0.717) is 0 Å². The Bertz CT molecular complexity index is 624. The van der Waals surface area contributed by atoms with Gasteiger partial charge in [0.05, 0.1) is 11.6 Å². The number of para-hydroxylation sites is 1. The summed E-state index contributed by atoms with van der Waals surface area (Å²) in [6.07, 6.45) is 7.90. The Labute approximate surface area is 107 Å². The molecular weight excluding hydrogens is 222 g/mol. The maximum absolute atomic E-state index is 5.88. The molecule has 0 amide bonds. The monoisotopic (exact) mass is 239 g/mol. The zero-order chi connectivity index (χ0) is 12.8. The minimum atomic E-state index is -0.642. The maximum Gasteiger partial charge on any atom is 0.243 e. The SMILES string of the molecule is CC(C)(C)C1=CC=COC12C=c1ccccc1=N2. The highest BCUT2D eigenvalue weighted by Crippen LogP contribution is 2.41. The van der Waals surface area contributed by atoms with E-state index in [9.17, 15) is 0 Å². The molecule has 2 heterocycles. The quantitative estimate of drug-likeness (QED) is 0.681. The largest absolute Gasteiger partial charge is 0.466 e. The molecule has 2 aliphatic rings. The number of nitrogens with zero attached hydrogens (tertiary/aromatic N) is 1. The van der Waals surface area contributed by atoms with Crippen molar-refractivity contribution in [3.05, 3.63) is 58.8 Å². The molecule has 3 rings (SSSR count). The molecule has 1 aromatic rings. The molecule has 0 aliphatic carbocycles. The predicted molar refractivity (Wildman–Crippen MR) is 72.2 cm³/mol. The van der Waals surface area contributed by atoms with E-state index < -0.39 is 5.72 Å². The molecule has 1 atom stereocenters. The van der Waals surface area contributed by atoms with Crippen molar-refractivity contribution in [2.45, 2.75) is 26.5 Å². The number of rotatable bonds is 0. The van der Waals surface area contributed by atoms with Crippen LogP contribution in [0, 0.1) is 5.41 Å². The molecule has 1 aromatic carbocycles. The molecule has 1 unspecified atom stereocenters. The minimum Gasteiger partial charge on any atom is -0.466 e. The average molecular weight is 239 g/mol. The first-order valence-corrected chi connectivity index (χ1v) is 6.25. The first-order chi connectivity index (χ1) is 8.51. The number of hydrogen-bond donors (Lipinski definition) is 0. The van der Waals surface area contributed by atoms with E-state index in [1.165, 1.54) is 5.57 Å². The van der Waals surface area contributed by atoms with E-state index in [4.69, 9.17) is 9.73 Å². The van der Waals surface area contributed by atoms with Crippen molar-refractivity contribution < 1.29 is 4.74 Å². The van der Waals surface area contributed by atoms with E-state index >= 15 is 0 Å². The van der Waals surface area contributed by atoms with Gasteiger partial charge in [0.2, 0.25) is 5.72 Å². The van der Waals surface area contributed by atoms with Crippen LogP contribution in [0.15, 0.2) is 53.2 Å². The zero-order valence-electron chi connectivity index (χ0n) is 11.0. The molecule has 18 heavy (non-hydrogen) atoms. The number of fused-ring (bicyclic) bond motifs is 1. The number of ether oxygens (including phenoxy) is 1. The first-order valence-electron chi connectivity index (χ1n) is 6.25. The van der Waals surface area contributed by atoms with Gasteiger partial charge in [-0.25, -0.2) is 4.99 Å². The summed E-state index contributed by atoms with van der Waals surface area (Å²) >= 11 is 0. The number of hydrogen-bond acceptors (Lipinski definition) is 2. The molecule has 0 radical (unpaired) electrons. The molecule has 0 saturated heterocycles. The predicted octanol–water partition coefficient (Wildman–Crippen LogP) is 2.31. The molecule has 0 bridgehead atoms. The number of benzene rings is 1. The summed E-state index contributed by atoms with van der Waals surface area (Å²) in [5.74, 6) is 0. The van der Waals surface area contributed by atoms with Gasteiger partial charge in [0.15, 0.2) is 0 Å². The minimum absolute atomic E-state index is 0.0206. The Hall–Kier alpha value is -1.83. The summed E-state index contributed by atoms with van der Waals surface area (Å²) in [4.78, 5) is 4.79. The fraction of sp³-hybridized carbons (Fsp3) is 0.312. The van der Waals surface area contributed by atoms with Gasteiger partial charge < -0.3 is 4.74 Å². The van der Waals surface area contributed by atoms with Crippen LogP contribution in [0.3, 0.4) is 0 Å². The summed E-state index contributed by atoms with van der Waals surface area (Å²) in [6.45, 7) is 6.57. The van der Waals surface area contributed by atoms with E-state index in [1.54, 1.807) is 6.26 Å². The zero-order valence-corrected chi connectivity index (χ0v) is 11.0. The molecule has 2 nitrogen and oxygen atoms in total. The van der Waals surface area contributed by atoms with Gasteiger partial charge in [-0.2, -0.15) is 0 Å². The number of allylic oxidation sites excluding steroid dienone is 2. The van der Waals surface area contributed by atoms with Crippen LogP contribution in [0.5, 0.6) is 0 Å². The van der Waals surface area contributed by atoms with Crippen molar-refractivity contribution in [1.82, 2.24) is 0 Å². The van der Waals surface area contributed by atoms with Crippen molar-refractivity contribution >= 4 is 6.08 Å². The molecule has 0 fully saturated rings. The first kappa shape index (κ1) is 11.3. The van der Waals surface area contributed by atoms with Crippen molar-refractivity contribution in [3.8, 4) is 0 Å². The van der Waals surface area contributed by atoms with E-state index in [0.717, 1.165) is 10.6 Å². The second-order valence-corrected chi connectivity index (χ2v) is 5.79. The summed E-state index contributed by atoms with van der Waals surface area (Å²) in [5, 5.41) is 2.14. The van der Waals surface area contributed by atoms with Gasteiger partial charge in [-0.1, -0.05) is 45.0 Å². The Kier molecular flexibility index (Phi) is 2.24. The Morgan fingerprint density at radius 2 is 1.94 bits per heavy atom. The third kappa shape index (κ3) is 1.60. The molecular formula is C16H17NO. The van der Waals surface area contributed by atoms with Gasteiger partial charge in [0.25, 0.3) is 0 Å². The maximum atomic E-state index is 5.88. The lowest BCUT2D eigenvalue weighted by Crippen LogP contribution is -2.35.